The Morgan fingerprint density at radius 2 is 1.83 bits per heavy atom. The van der Waals surface area contributed by atoms with Crippen molar-refractivity contribution in [3.63, 3.8) is 0 Å². The summed E-state index contributed by atoms with van der Waals surface area (Å²) in [7, 11) is 0. The summed E-state index contributed by atoms with van der Waals surface area (Å²) in [5, 5.41) is 9.13. The number of hydrogen-bond acceptors (Lipinski definition) is 3. The van der Waals surface area contributed by atoms with Crippen LogP contribution in [0.4, 0.5) is 8.78 Å². The van der Waals surface area contributed by atoms with Gasteiger partial charge >= 0.3 is 5.97 Å². The highest BCUT2D eigenvalue weighted by atomic mass is 19.2. The largest absolute Gasteiger partial charge is 0.456 e. The molecule has 0 aliphatic carbocycles. The van der Waals surface area contributed by atoms with Crippen molar-refractivity contribution in [1.82, 2.24) is 0 Å². The number of rotatable bonds is 3. The average molecular weight is 320 g/mol. The molecule has 0 bridgehead atoms. The van der Waals surface area contributed by atoms with Crippen LogP contribution in [0.25, 0.3) is 11.1 Å². The van der Waals surface area contributed by atoms with Crippen LogP contribution in [0.1, 0.15) is 36.7 Å². The first-order valence-corrected chi connectivity index (χ1v) is 7.14. The number of ether oxygens (including phenoxy) is 1. The maximum Gasteiger partial charge on any atom is 0.341 e. The lowest BCUT2D eigenvalue weighted by Gasteiger charge is -2.20. The van der Waals surface area contributed by atoms with Gasteiger partial charge in [0.05, 0.1) is 12.2 Å². The quantitative estimate of drug-likeness (QED) is 0.867. The van der Waals surface area contributed by atoms with Crippen molar-refractivity contribution >= 4 is 5.97 Å². The van der Waals surface area contributed by atoms with Gasteiger partial charge in [0.2, 0.25) is 0 Å². The fraction of sp³-hybridized carbons (Fsp3) is 0.278. The molecule has 0 aliphatic heterocycles. The Hall–Kier alpha value is -2.27. The van der Waals surface area contributed by atoms with E-state index in [2.05, 4.69) is 0 Å². The van der Waals surface area contributed by atoms with Gasteiger partial charge in [-0.3, -0.25) is 0 Å². The van der Waals surface area contributed by atoms with E-state index < -0.39 is 28.8 Å². The molecule has 23 heavy (non-hydrogen) atoms. The molecule has 0 atom stereocenters. The van der Waals surface area contributed by atoms with Gasteiger partial charge in [-0.1, -0.05) is 24.3 Å². The molecule has 0 heterocycles. The summed E-state index contributed by atoms with van der Waals surface area (Å²) >= 11 is 0. The molecular weight excluding hydrogens is 302 g/mol. The number of aliphatic hydroxyl groups is 1. The summed E-state index contributed by atoms with van der Waals surface area (Å²) in [4.78, 5) is 11.9. The fourth-order valence-electron chi connectivity index (χ4n) is 2.10. The summed E-state index contributed by atoms with van der Waals surface area (Å²) in [5.74, 6) is -3.28. The molecule has 0 spiro atoms. The molecule has 0 radical (unpaired) electrons. The van der Waals surface area contributed by atoms with E-state index >= 15 is 0 Å². The fourth-order valence-corrected chi connectivity index (χ4v) is 2.10. The van der Waals surface area contributed by atoms with Gasteiger partial charge in [0.15, 0.2) is 11.6 Å². The number of aliphatic hydroxyl groups excluding tert-OH is 1. The third-order valence-electron chi connectivity index (χ3n) is 3.12. The van der Waals surface area contributed by atoms with Gasteiger partial charge in [-0.25, -0.2) is 13.6 Å². The summed E-state index contributed by atoms with van der Waals surface area (Å²) < 4.78 is 33.6. The monoisotopic (exact) mass is 320 g/mol. The summed E-state index contributed by atoms with van der Waals surface area (Å²) in [6.07, 6.45) is 0. The summed E-state index contributed by atoms with van der Waals surface area (Å²) in [6.45, 7) is 4.74. The predicted octanol–water partition coefficient (Wildman–Crippen LogP) is 4.08. The summed E-state index contributed by atoms with van der Waals surface area (Å²) in [6, 6.07) is 9.00. The van der Waals surface area contributed by atoms with Crippen LogP contribution in [0.5, 0.6) is 0 Å². The van der Waals surface area contributed by atoms with Crippen LogP contribution in [0.3, 0.4) is 0 Å². The Bertz CT molecular complexity index is 734. The maximum absolute atomic E-state index is 14.3. The van der Waals surface area contributed by atoms with Crippen molar-refractivity contribution in [3.05, 3.63) is 59.2 Å². The highest BCUT2D eigenvalue weighted by molar-refractivity contribution is 5.90. The molecule has 2 aromatic rings. The van der Waals surface area contributed by atoms with Gasteiger partial charge in [0.25, 0.3) is 0 Å². The highest BCUT2D eigenvalue weighted by Crippen LogP contribution is 2.28. The first-order valence-electron chi connectivity index (χ1n) is 7.14. The van der Waals surface area contributed by atoms with Gasteiger partial charge in [-0.05, 0) is 44.0 Å². The van der Waals surface area contributed by atoms with Crippen LogP contribution in [0.15, 0.2) is 36.4 Å². The zero-order chi connectivity index (χ0) is 17.2. The number of hydrogen-bond donors (Lipinski definition) is 1. The molecule has 3 nitrogen and oxygen atoms in total. The molecule has 0 unspecified atom stereocenters. The maximum atomic E-state index is 14.3. The SMILES string of the molecule is CC(C)(C)OC(=O)c1ccc(-c2cccc(CO)c2)c(F)c1F. The number of carbonyl (C=O) groups is 1. The molecular formula is C18H18F2O3. The number of esters is 1. The van der Waals surface area contributed by atoms with Crippen molar-refractivity contribution in [2.75, 3.05) is 0 Å². The second-order valence-corrected chi connectivity index (χ2v) is 6.15. The molecule has 5 heteroatoms. The van der Waals surface area contributed by atoms with Crippen LogP contribution in [-0.2, 0) is 11.3 Å². The van der Waals surface area contributed by atoms with Gasteiger partial charge in [-0.15, -0.1) is 0 Å². The third-order valence-corrected chi connectivity index (χ3v) is 3.12. The Kier molecular flexibility index (Phi) is 4.80. The lowest BCUT2D eigenvalue weighted by Crippen LogP contribution is -2.24. The predicted molar refractivity (Wildman–Crippen MR) is 82.9 cm³/mol. The second kappa shape index (κ2) is 6.46. The number of halogens is 2. The minimum Gasteiger partial charge on any atom is -0.456 e. The van der Waals surface area contributed by atoms with E-state index in [0.717, 1.165) is 0 Å². The average Bonchev–Trinajstić information content (AvgIpc) is 2.48. The van der Waals surface area contributed by atoms with Gasteiger partial charge in [0, 0.05) is 5.56 Å². The van der Waals surface area contributed by atoms with E-state index in [9.17, 15) is 13.6 Å². The van der Waals surface area contributed by atoms with Crippen LogP contribution in [0, 0.1) is 11.6 Å². The zero-order valence-electron chi connectivity index (χ0n) is 13.2. The lowest BCUT2D eigenvalue weighted by atomic mass is 10.0. The normalized spacial score (nSPS) is 11.4. The van der Waals surface area contributed by atoms with Crippen LogP contribution in [0.2, 0.25) is 0 Å². The molecule has 2 aromatic carbocycles. The van der Waals surface area contributed by atoms with Gasteiger partial charge in [-0.2, -0.15) is 0 Å². The Morgan fingerprint density at radius 1 is 1.13 bits per heavy atom. The first kappa shape index (κ1) is 17.1. The van der Waals surface area contributed by atoms with Gasteiger partial charge in [0.1, 0.15) is 5.60 Å². The minimum atomic E-state index is -1.24. The molecule has 0 fully saturated rings. The molecule has 1 N–H and O–H groups in total. The van der Waals surface area contributed by atoms with Crippen molar-refractivity contribution in [2.45, 2.75) is 33.0 Å². The third kappa shape index (κ3) is 3.93. The Labute approximate surface area is 133 Å². The molecule has 0 saturated heterocycles. The Morgan fingerprint density at radius 3 is 2.43 bits per heavy atom. The topological polar surface area (TPSA) is 46.5 Å². The van der Waals surface area contributed by atoms with Crippen LogP contribution < -0.4 is 0 Å². The van der Waals surface area contributed by atoms with Crippen LogP contribution in [-0.4, -0.2) is 16.7 Å². The van der Waals surface area contributed by atoms with E-state index in [-0.39, 0.29) is 12.2 Å². The van der Waals surface area contributed by atoms with Gasteiger partial charge < -0.3 is 9.84 Å². The summed E-state index contributed by atoms with van der Waals surface area (Å²) in [5.41, 5.74) is -0.222. The standard InChI is InChI=1S/C18H18F2O3/c1-18(2,3)23-17(22)14-8-7-13(15(19)16(14)20)12-6-4-5-11(9-12)10-21/h4-9,21H,10H2,1-3H3. The van der Waals surface area contributed by atoms with Crippen molar-refractivity contribution < 1.29 is 23.4 Å². The lowest BCUT2D eigenvalue weighted by molar-refractivity contribution is 0.00637. The zero-order valence-corrected chi connectivity index (χ0v) is 13.2. The van der Waals surface area contributed by atoms with Crippen LogP contribution >= 0.6 is 0 Å². The molecule has 0 amide bonds. The molecule has 0 aromatic heterocycles. The smallest absolute Gasteiger partial charge is 0.341 e. The molecule has 122 valence electrons. The van der Waals surface area contributed by atoms with Crippen molar-refractivity contribution in [2.24, 2.45) is 0 Å². The second-order valence-electron chi connectivity index (χ2n) is 6.15. The first-order chi connectivity index (χ1) is 10.7. The number of benzene rings is 2. The van der Waals surface area contributed by atoms with E-state index in [4.69, 9.17) is 9.84 Å². The Balaban J connectivity index is 2.43. The van der Waals surface area contributed by atoms with Crippen molar-refractivity contribution in [1.29, 1.82) is 0 Å². The van der Waals surface area contributed by atoms with Crippen molar-refractivity contribution in [3.8, 4) is 11.1 Å². The number of carbonyl (C=O) groups excluding carboxylic acids is 1. The van der Waals surface area contributed by atoms with E-state index in [1.54, 1.807) is 45.0 Å². The minimum absolute atomic E-state index is 0.0186. The van der Waals surface area contributed by atoms with E-state index in [0.29, 0.717) is 11.1 Å². The molecule has 2 rings (SSSR count). The molecule has 0 aliphatic rings. The highest BCUT2D eigenvalue weighted by Gasteiger charge is 2.24. The molecule has 0 saturated carbocycles. The van der Waals surface area contributed by atoms with E-state index in [1.807, 2.05) is 0 Å². The van der Waals surface area contributed by atoms with E-state index in [1.165, 1.54) is 12.1 Å².